The number of alkyl halides is 3. The molecule has 0 aliphatic carbocycles. The SMILES string of the molecule is COc1cc(OC)c2cc(C(=O)O)n(Cc3ccc(OC(F)(F)F)cc3)c2c1. The summed E-state index contributed by atoms with van der Waals surface area (Å²) in [6, 6.07) is 10.0. The maximum Gasteiger partial charge on any atom is 0.573 e. The van der Waals surface area contributed by atoms with E-state index in [1.165, 1.54) is 49.1 Å². The lowest BCUT2D eigenvalue weighted by Crippen LogP contribution is -2.17. The van der Waals surface area contributed by atoms with Gasteiger partial charge in [0.15, 0.2) is 0 Å². The van der Waals surface area contributed by atoms with Crippen LogP contribution in [-0.4, -0.2) is 36.2 Å². The van der Waals surface area contributed by atoms with Gasteiger partial charge in [-0.1, -0.05) is 12.1 Å². The van der Waals surface area contributed by atoms with Gasteiger partial charge in [0, 0.05) is 24.1 Å². The summed E-state index contributed by atoms with van der Waals surface area (Å²) >= 11 is 0. The standard InChI is InChI=1S/C19H16F3NO5/c1-26-13-7-15-14(17(8-13)27-2)9-16(18(24)25)23(15)10-11-3-5-12(6-4-11)28-19(20,21)22/h3-9H,10H2,1-2H3,(H,24,25). The fourth-order valence-electron chi connectivity index (χ4n) is 2.91. The minimum Gasteiger partial charge on any atom is -0.497 e. The molecular weight excluding hydrogens is 379 g/mol. The van der Waals surface area contributed by atoms with Crippen molar-refractivity contribution in [2.45, 2.75) is 12.9 Å². The second-order valence-corrected chi connectivity index (χ2v) is 5.88. The average Bonchev–Trinajstić information content (AvgIpc) is 3.00. The zero-order chi connectivity index (χ0) is 20.5. The number of carbonyl (C=O) groups is 1. The van der Waals surface area contributed by atoms with E-state index in [1.807, 2.05) is 0 Å². The number of benzene rings is 2. The molecular formula is C19H16F3NO5. The fourth-order valence-corrected chi connectivity index (χ4v) is 2.91. The molecule has 148 valence electrons. The van der Waals surface area contributed by atoms with Crippen molar-refractivity contribution in [3.8, 4) is 17.2 Å². The highest BCUT2D eigenvalue weighted by Crippen LogP contribution is 2.34. The molecule has 0 bridgehead atoms. The highest BCUT2D eigenvalue weighted by molar-refractivity contribution is 5.97. The molecule has 0 atom stereocenters. The van der Waals surface area contributed by atoms with Gasteiger partial charge in [-0.2, -0.15) is 0 Å². The molecule has 3 aromatic rings. The number of hydrogen-bond donors (Lipinski definition) is 1. The number of halogens is 3. The van der Waals surface area contributed by atoms with E-state index < -0.39 is 12.3 Å². The molecule has 1 N–H and O–H groups in total. The van der Waals surface area contributed by atoms with Gasteiger partial charge in [-0.05, 0) is 23.8 Å². The summed E-state index contributed by atoms with van der Waals surface area (Å²) in [6.07, 6.45) is -4.78. The Bertz CT molecular complexity index is 1010. The molecule has 3 rings (SSSR count). The number of aromatic carboxylic acids is 1. The minimum absolute atomic E-state index is 0.0113. The summed E-state index contributed by atoms with van der Waals surface area (Å²) < 4.78 is 52.8. The molecule has 28 heavy (non-hydrogen) atoms. The Kier molecular flexibility index (Phi) is 5.08. The molecule has 0 saturated carbocycles. The van der Waals surface area contributed by atoms with Gasteiger partial charge < -0.3 is 23.9 Å². The Morgan fingerprint density at radius 2 is 1.71 bits per heavy atom. The van der Waals surface area contributed by atoms with Gasteiger partial charge in [-0.15, -0.1) is 13.2 Å². The van der Waals surface area contributed by atoms with E-state index in [1.54, 1.807) is 12.1 Å². The summed E-state index contributed by atoms with van der Waals surface area (Å²) in [7, 11) is 2.94. The zero-order valence-corrected chi connectivity index (χ0v) is 14.9. The van der Waals surface area contributed by atoms with Crippen LogP contribution in [0.15, 0.2) is 42.5 Å². The third-order valence-corrected chi connectivity index (χ3v) is 4.13. The molecule has 1 heterocycles. The van der Waals surface area contributed by atoms with Crippen LogP contribution in [0.1, 0.15) is 16.1 Å². The predicted octanol–water partition coefficient (Wildman–Crippen LogP) is 4.30. The summed E-state index contributed by atoms with van der Waals surface area (Å²) in [5, 5.41) is 10.1. The maximum absolute atomic E-state index is 12.3. The van der Waals surface area contributed by atoms with E-state index in [0.717, 1.165) is 0 Å². The summed E-state index contributed by atoms with van der Waals surface area (Å²) in [4.78, 5) is 11.7. The topological polar surface area (TPSA) is 69.9 Å². The van der Waals surface area contributed by atoms with Crippen LogP contribution in [0.5, 0.6) is 17.2 Å². The van der Waals surface area contributed by atoms with Gasteiger partial charge >= 0.3 is 12.3 Å². The van der Waals surface area contributed by atoms with Crippen LogP contribution >= 0.6 is 0 Å². The van der Waals surface area contributed by atoms with Gasteiger partial charge in [0.25, 0.3) is 0 Å². The molecule has 0 fully saturated rings. The van der Waals surface area contributed by atoms with Crippen molar-refractivity contribution < 1.29 is 37.3 Å². The molecule has 6 nitrogen and oxygen atoms in total. The second-order valence-electron chi connectivity index (χ2n) is 5.88. The van der Waals surface area contributed by atoms with Crippen molar-refractivity contribution in [1.29, 1.82) is 0 Å². The Hall–Kier alpha value is -3.36. The number of aromatic nitrogens is 1. The molecule has 9 heteroatoms. The number of carboxylic acids is 1. The number of methoxy groups -OCH3 is 2. The number of hydrogen-bond acceptors (Lipinski definition) is 4. The van der Waals surface area contributed by atoms with Crippen molar-refractivity contribution in [3.63, 3.8) is 0 Å². The molecule has 0 radical (unpaired) electrons. The molecule has 0 aliphatic heterocycles. The van der Waals surface area contributed by atoms with Gasteiger partial charge in [0.1, 0.15) is 22.9 Å². The highest BCUT2D eigenvalue weighted by Gasteiger charge is 2.31. The van der Waals surface area contributed by atoms with Gasteiger partial charge in [-0.3, -0.25) is 0 Å². The van der Waals surface area contributed by atoms with Crippen LogP contribution in [0.25, 0.3) is 10.9 Å². The summed E-state index contributed by atoms with van der Waals surface area (Å²) in [6.45, 7) is 0.119. The quantitative estimate of drug-likeness (QED) is 0.674. The van der Waals surface area contributed by atoms with Crippen molar-refractivity contribution >= 4 is 16.9 Å². The van der Waals surface area contributed by atoms with Crippen LogP contribution < -0.4 is 14.2 Å². The van der Waals surface area contributed by atoms with Gasteiger partial charge in [0.05, 0.1) is 19.7 Å². The van der Waals surface area contributed by atoms with Crippen LogP contribution in [0.2, 0.25) is 0 Å². The molecule has 0 amide bonds. The minimum atomic E-state index is -4.78. The molecule has 1 aromatic heterocycles. The van der Waals surface area contributed by atoms with E-state index in [4.69, 9.17) is 9.47 Å². The molecule has 0 spiro atoms. The predicted molar refractivity (Wildman–Crippen MR) is 94.2 cm³/mol. The lowest BCUT2D eigenvalue weighted by molar-refractivity contribution is -0.274. The highest BCUT2D eigenvalue weighted by atomic mass is 19.4. The van der Waals surface area contributed by atoms with E-state index in [2.05, 4.69) is 4.74 Å². The Balaban J connectivity index is 2.04. The monoisotopic (exact) mass is 395 g/mol. The number of carboxylic acid groups (broad SMARTS) is 1. The smallest absolute Gasteiger partial charge is 0.497 e. The number of nitrogens with zero attached hydrogens (tertiary/aromatic N) is 1. The Labute approximate surface area is 157 Å². The third kappa shape index (κ3) is 3.98. The molecule has 0 saturated heterocycles. The summed E-state index contributed by atoms with van der Waals surface area (Å²) in [5.41, 5.74) is 1.16. The third-order valence-electron chi connectivity index (χ3n) is 4.13. The number of fused-ring (bicyclic) bond motifs is 1. The zero-order valence-electron chi connectivity index (χ0n) is 14.9. The average molecular weight is 395 g/mol. The van der Waals surface area contributed by atoms with Crippen LogP contribution in [0.3, 0.4) is 0 Å². The lowest BCUT2D eigenvalue weighted by Gasteiger charge is -2.12. The van der Waals surface area contributed by atoms with Crippen molar-refractivity contribution in [1.82, 2.24) is 4.57 Å². The second kappa shape index (κ2) is 7.34. The maximum atomic E-state index is 12.3. The fraction of sp³-hybridized carbons (Fsp3) is 0.211. The van der Waals surface area contributed by atoms with Crippen LogP contribution in [0, 0.1) is 0 Å². The molecule has 2 aromatic carbocycles. The van der Waals surface area contributed by atoms with E-state index in [0.29, 0.717) is 28.0 Å². The lowest BCUT2D eigenvalue weighted by atomic mass is 10.2. The first-order valence-electron chi connectivity index (χ1n) is 8.05. The van der Waals surface area contributed by atoms with Crippen molar-refractivity contribution in [2.24, 2.45) is 0 Å². The molecule has 0 unspecified atom stereocenters. The Morgan fingerprint density at radius 3 is 2.25 bits per heavy atom. The summed E-state index contributed by atoms with van der Waals surface area (Å²) in [5.74, 6) is -0.566. The first-order valence-corrected chi connectivity index (χ1v) is 8.05. The van der Waals surface area contributed by atoms with Crippen LogP contribution in [0.4, 0.5) is 13.2 Å². The van der Waals surface area contributed by atoms with E-state index in [9.17, 15) is 23.1 Å². The largest absolute Gasteiger partial charge is 0.573 e. The van der Waals surface area contributed by atoms with Crippen molar-refractivity contribution in [2.75, 3.05) is 14.2 Å². The van der Waals surface area contributed by atoms with Crippen molar-refractivity contribution in [3.05, 3.63) is 53.7 Å². The number of ether oxygens (including phenoxy) is 3. The van der Waals surface area contributed by atoms with Gasteiger partial charge in [-0.25, -0.2) is 4.79 Å². The first kappa shape index (κ1) is 19.4. The first-order chi connectivity index (χ1) is 13.2. The van der Waals surface area contributed by atoms with Gasteiger partial charge in [0.2, 0.25) is 0 Å². The van der Waals surface area contributed by atoms with E-state index in [-0.39, 0.29) is 18.0 Å². The molecule has 0 aliphatic rings. The number of rotatable bonds is 6. The normalized spacial score (nSPS) is 11.5. The van der Waals surface area contributed by atoms with E-state index >= 15 is 0 Å². The van der Waals surface area contributed by atoms with Crippen LogP contribution in [-0.2, 0) is 6.54 Å². The Morgan fingerprint density at radius 1 is 1.04 bits per heavy atom.